The van der Waals surface area contributed by atoms with E-state index in [1.54, 1.807) is 0 Å². The molecule has 1 aromatic heterocycles. The molecule has 256 valence electrons. The molecule has 0 bridgehead atoms. The van der Waals surface area contributed by atoms with Gasteiger partial charge in [-0.1, -0.05) is 167 Å². The Hall–Kier alpha value is -5.60. The highest BCUT2D eigenvalue weighted by Crippen LogP contribution is 2.49. The number of rotatable bonds is 6. The van der Waals surface area contributed by atoms with E-state index in [0.29, 0.717) is 5.92 Å². The standard InChI is InChI=1S/C50H45NO/c1-50(2,3)37-32-30-35(31-33-37)38-20-7-10-26-44(38)51(46-28-15-25-43-41-22-9-12-29-47(41)52-49(43)46)45-27-11-8-21-40(45)42-24-14-19-36-18-13-23-39(48(36)42)34-16-5-4-6-17-34/h7-15,18-34H,4-6,16-17H2,1-3H3. The van der Waals surface area contributed by atoms with Gasteiger partial charge in [0.15, 0.2) is 5.58 Å². The molecule has 9 rings (SSSR count). The van der Waals surface area contributed by atoms with Gasteiger partial charge in [0, 0.05) is 21.9 Å². The van der Waals surface area contributed by atoms with Crippen LogP contribution in [0, 0.1) is 0 Å². The summed E-state index contributed by atoms with van der Waals surface area (Å²) in [5.41, 5.74) is 12.8. The number of nitrogens with zero attached hydrogens (tertiary/aromatic N) is 1. The predicted molar refractivity (Wildman–Crippen MR) is 221 cm³/mol. The third-order valence-corrected chi connectivity index (χ3v) is 11.2. The fraction of sp³-hybridized carbons (Fsp3) is 0.200. The van der Waals surface area contributed by atoms with Crippen LogP contribution in [0.2, 0.25) is 0 Å². The molecule has 0 unspecified atom stereocenters. The normalized spacial score (nSPS) is 14.0. The lowest BCUT2D eigenvalue weighted by atomic mass is 9.80. The highest BCUT2D eigenvalue weighted by molar-refractivity contribution is 6.12. The van der Waals surface area contributed by atoms with Crippen LogP contribution in [0.4, 0.5) is 17.1 Å². The van der Waals surface area contributed by atoms with Crippen molar-refractivity contribution in [3.05, 3.63) is 163 Å². The summed E-state index contributed by atoms with van der Waals surface area (Å²) in [5, 5.41) is 4.94. The molecule has 8 aromatic rings. The zero-order chi connectivity index (χ0) is 35.2. The van der Waals surface area contributed by atoms with Crippen molar-refractivity contribution in [2.45, 2.75) is 64.2 Å². The van der Waals surface area contributed by atoms with Gasteiger partial charge in [0.2, 0.25) is 0 Å². The highest BCUT2D eigenvalue weighted by atomic mass is 16.3. The van der Waals surface area contributed by atoms with Gasteiger partial charge in [0.1, 0.15) is 5.58 Å². The van der Waals surface area contributed by atoms with E-state index in [-0.39, 0.29) is 5.41 Å². The molecular formula is C50H45NO. The molecule has 2 nitrogen and oxygen atoms in total. The summed E-state index contributed by atoms with van der Waals surface area (Å²) in [6.45, 7) is 6.82. The topological polar surface area (TPSA) is 16.4 Å². The Morgan fingerprint density at radius 2 is 1.12 bits per heavy atom. The molecule has 0 aliphatic heterocycles. The smallest absolute Gasteiger partial charge is 0.159 e. The monoisotopic (exact) mass is 675 g/mol. The number of hydrogen-bond acceptors (Lipinski definition) is 2. The molecule has 1 saturated carbocycles. The number of furan rings is 1. The minimum atomic E-state index is 0.0783. The summed E-state index contributed by atoms with van der Waals surface area (Å²) < 4.78 is 6.78. The van der Waals surface area contributed by atoms with E-state index in [0.717, 1.165) is 39.0 Å². The first-order chi connectivity index (χ1) is 25.5. The Morgan fingerprint density at radius 3 is 1.88 bits per heavy atom. The second-order valence-corrected chi connectivity index (χ2v) is 15.5. The highest BCUT2D eigenvalue weighted by Gasteiger charge is 2.26. The summed E-state index contributed by atoms with van der Waals surface area (Å²) in [5.74, 6) is 0.586. The fourth-order valence-corrected chi connectivity index (χ4v) is 8.60. The van der Waals surface area contributed by atoms with Gasteiger partial charge in [-0.2, -0.15) is 0 Å². The molecule has 0 atom stereocenters. The average Bonchev–Trinajstić information content (AvgIpc) is 3.58. The molecular weight excluding hydrogens is 631 g/mol. The summed E-state index contributed by atoms with van der Waals surface area (Å²) >= 11 is 0. The molecule has 7 aromatic carbocycles. The van der Waals surface area contributed by atoms with E-state index in [1.165, 1.54) is 76.3 Å². The van der Waals surface area contributed by atoms with Gasteiger partial charge in [0.25, 0.3) is 0 Å². The molecule has 1 fully saturated rings. The molecule has 1 aliphatic carbocycles. The Bertz CT molecular complexity index is 2540. The molecule has 0 N–H and O–H groups in total. The molecule has 0 saturated heterocycles. The predicted octanol–water partition coefficient (Wildman–Crippen LogP) is 14.9. The Kier molecular flexibility index (Phi) is 8.19. The van der Waals surface area contributed by atoms with Crippen molar-refractivity contribution in [3.63, 3.8) is 0 Å². The summed E-state index contributed by atoms with van der Waals surface area (Å²) in [4.78, 5) is 2.45. The number of benzene rings is 7. The van der Waals surface area contributed by atoms with Crippen molar-refractivity contribution in [1.29, 1.82) is 0 Å². The molecule has 1 heterocycles. The van der Waals surface area contributed by atoms with Gasteiger partial charge in [-0.3, -0.25) is 0 Å². The molecule has 52 heavy (non-hydrogen) atoms. The van der Waals surface area contributed by atoms with Crippen LogP contribution in [-0.2, 0) is 5.41 Å². The maximum Gasteiger partial charge on any atom is 0.159 e. The van der Waals surface area contributed by atoms with Crippen molar-refractivity contribution in [3.8, 4) is 22.3 Å². The SMILES string of the molecule is CC(C)(C)c1ccc(-c2ccccc2N(c2ccccc2-c2cccc3cccc(C4CCCCC4)c23)c2cccc3c2oc2ccccc23)cc1. The van der Waals surface area contributed by atoms with Crippen LogP contribution >= 0.6 is 0 Å². The van der Waals surface area contributed by atoms with Crippen LogP contribution < -0.4 is 4.90 Å². The fourth-order valence-electron chi connectivity index (χ4n) is 8.60. The molecule has 0 amide bonds. The van der Waals surface area contributed by atoms with E-state index in [1.807, 2.05) is 0 Å². The maximum absolute atomic E-state index is 6.78. The van der Waals surface area contributed by atoms with E-state index in [4.69, 9.17) is 4.42 Å². The lowest BCUT2D eigenvalue weighted by molar-refractivity contribution is 0.445. The van der Waals surface area contributed by atoms with Crippen LogP contribution in [-0.4, -0.2) is 0 Å². The quantitative estimate of drug-likeness (QED) is 0.174. The van der Waals surface area contributed by atoms with Crippen molar-refractivity contribution >= 4 is 49.8 Å². The zero-order valence-corrected chi connectivity index (χ0v) is 30.4. The second-order valence-electron chi connectivity index (χ2n) is 15.5. The minimum absolute atomic E-state index is 0.0783. The summed E-state index contributed by atoms with van der Waals surface area (Å²) in [6, 6.07) is 55.7. The van der Waals surface area contributed by atoms with Gasteiger partial charge in [0.05, 0.1) is 17.1 Å². The van der Waals surface area contributed by atoms with Gasteiger partial charge in [-0.05, 0) is 81.5 Å². The van der Waals surface area contributed by atoms with Crippen molar-refractivity contribution in [2.24, 2.45) is 0 Å². The maximum atomic E-state index is 6.78. The second kappa shape index (κ2) is 13.2. The van der Waals surface area contributed by atoms with Crippen molar-refractivity contribution < 1.29 is 4.42 Å². The zero-order valence-electron chi connectivity index (χ0n) is 30.4. The Balaban J connectivity index is 1.32. The Morgan fingerprint density at radius 1 is 0.519 bits per heavy atom. The van der Waals surface area contributed by atoms with E-state index in [9.17, 15) is 0 Å². The molecule has 2 heteroatoms. The van der Waals surface area contributed by atoms with Crippen LogP contribution in [0.15, 0.2) is 156 Å². The first-order valence-electron chi connectivity index (χ1n) is 19.0. The van der Waals surface area contributed by atoms with E-state index in [2.05, 4.69) is 177 Å². The third kappa shape index (κ3) is 5.67. The van der Waals surface area contributed by atoms with Gasteiger partial charge >= 0.3 is 0 Å². The van der Waals surface area contributed by atoms with Crippen molar-refractivity contribution in [1.82, 2.24) is 0 Å². The number of fused-ring (bicyclic) bond motifs is 4. The van der Waals surface area contributed by atoms with Gasteiger partial charge in [-0.25, -0.2) is 0 Å². The van der Waals surface area contributed by atoms with Crippen molar-refractivity contribution in [2.75, 3.05) is 4.90 Å². The minimum Gasteiger partial charge on any atom is -0.454 e. The van der Waals surface area contributed by atoms with Crippen LogP contribution in [0.1, 0.15) is 69.9 Å². The molecule has 1 aliphatic rings. The number of anilines is 3. The van der Waals surface area contributed by atoms with E-state index < -0.39 is 0 Å². The number of para-hydroxylation sites is 4. The summed E-state index contributed by atoms with van der Waals surface area (Å²) in [6.07, 6.45) is 6.48. The third-order valence-electron chi connectivity index (χ3n) is 11.2. The van der Waals surface area contributed by atoms with E-state index >= 15 is 0 Å². The number of hydrogen-bond donors (Lipinski definition) is 0. The largest absolute Gasteiger partial charge is 0.454 e. The molecule has 0 radical (unpaired) electrons. The first kappa shape index (κ1) is 32.3. The Labute approximate surface area is 307 Å². The van der Waals surface area contributed by atoms with Crippen LogP contribution in [0.5, 0.6) is 0 Å². The lowest BCUT2D eigenvalue weighted by Gasteiger charge is -2.30. The van der Waals surface area contributed by atoms with Crippen LogP contribution in [0.25, 0.3) is 55.0 Å². The van der Waals surface area contributed by atoms with Gasteiger partial charge < -0.3 is 9.32 Å². The average molecular weight is 676 g/mol. The molecule has 0 spiro atoms. The first-order valence-corrected chi connectivity index (χ1v) is 19.0. The lowest BCUT2D eigenvalue weighted by Crippen LogP contribution is -2.13. The van der Waals surface area contributed by atoms with Crippen LogP contribution in [0.3, 0.4) is 0 Å². The summed E-state index contributed by atoms with van der Waals surface area (Å²) in [7, 11) is 0. The van der Waals surface area contributed by atoms with Gasteiger partial charge in [-0.15, -0.1) is 0 Å².